The van der Waals surface area contributed by atoms with Crippen molar-refractivity contribution in [1.82, 2.24) is 14.5 Å². The van der Waals surface area contributed by atoms with Crippen molar-refractivity contribution in [2.24, 2.45) is 12.8 Å². The van der Waals surface area contributed by atoms with Gasteiger partial charge in [0.15, 0.2) is 5.82 Å². The van der Waals surface area contributed by atoms with Crippen LogP contribution in [0.15, 0.2) is 18.6 Å². The van der Waals surface area contributed by atoms with Crippen LogP contribution in [0.1, 0.15) is 6.92 Å². The van der Waals surface area contributed by atoms with Crippen molar-refractivity contribution in [1.29, 1.82) is 0 Å². The van der Waals surface area contributed by atoms with Gasteiger partial charge in [-0.05, 0) is 13.0 Å². The summed E-state index contributed by atoms with van der Waals surface area (Å²) in [7, 11) is 1.93. The number of nitrogens with two attached hydrogens (primary N) is 1. The van der Waals surface area contributed by atoms with E-state index in [-0.39, 0.29) is 6.04 Å². The molecule has 0 fully saturated rings. The Balaban J connectivity index is 2.19. The van der Waals surface area contributed by atoms with Crippen LogP contribution >= 0.6 is 0 Å². The molecule has 0 aromatic carbocycles. The van der Waals surface area contributed by atoms with Crippen molar-refractivity contribution in [3.8, 4) is 0 Å². The molecule has 0 aliphatic rings. The van der Waals surface area contributed by atoms with E-state index < -0.39 is 6.10 Å². The molecule has 0 bridgehead atoms. The van der Waals surface area contributed by atoms with Crippen LogP contribution in [0.3, 0.4) is 0 Å². The summed E-state index contributed by atoms with van der Waals surface area (Å²) in [5.41, 5.74) is 7.57. The van der Waals surface area contributed by atoms with E-state index in [4.69, 9.17) is 5.73 Å². The molecule has 2 aromatic heterocycles. The summed E-state index contributed by atoms with van der Waals surface area (Å²) in [6, 6.07) is 1.58. The summed E-state index contributed by atoms with van der Waals surface area (Å²) in [5, 5.41) is 12.4. The number of hydrogen-bond donors (Lipinski definition) is 3. The normalized spacial score (nSPS) is 14.8. The maximum absolute atomic E-state index is 9.31. The molecule has 0 saturated carbocycles. The first-order valence-corrected chi connectivity index (χ1v) is 5.53. The molecule has 0 aliphatic carbocycles. The number of aromatic nitrogens is 3. The molecule has 2 aromatic rings. The highest BCUT2D eigenvalue weighted by Crippen LogP contribution is 2.18. The summed E-state index contributed by atoms with van der Waals surface area (Å²) >= 11 is 0. The third kappa shape index (κ3) is 2.37. The first-order chi connectivity index (χ1) is 8.09. The van der Waals surface area contributed by atoms with Gasteiger partial charge in [-0.2, -0.15) is 0 Å². The molecule has 0 saturated heterocycles. The summed E-state index contributed by atoms with van der Waals surface area (Å²) in [4.78, 5) is 8.50. The lowest BCUT2D eigenvalue weighted by Gasteiger charge is -2.15. The zero-order chi connectivity index (χ0) is 12.4. The lowest BCUT2D eigenvalue weighted by atomic mass is 10.2. The lowest BCUT2D eigenvalue weighted by Crippen LogP contribution is -2.38. The Morgan fingerprint density at radius 3 is 3.00 bits per heavy atom. The lowest BCUT2D eigenvalue weighted by molar-refractivity contribution is 0.168. The van der Waals surface area contributed by atoms with Crippen molar-refractivity contribution in [3.63, 3.8) is 0 Å². The zero-order valence-corrected chi connectivity index (χ0v) is 9.96. The molecule has 2 atom stereocenters. The van der Waals surface area contributed by atoms with Crippen LogP contribution in [-0.4, -0.2) is 38.3 Å². The van der Waals surface area contributed by atoms with Gasteiger partial charge in [0.25, 0.3) is 0 Å². The third-order valence-corrected chi connectivity index (χ3v) is 2.77. The number of imidazole rings is 1. The Morgan fingerprint density at radius 2 is 2.29 bits per heavy atom. The van der Waals surface area contributed by atoms with E-state index in [1.165, 1.54) is 0 Å². The van der Waals surface area contributed by atoms with Crippen molar-refractivity contribution >= 4 is 16.9 Å². The Labute approximate surface area is 99.5 Å². The highest BCUT2D eigenvalue weighted by Gasteiger charge is 2.11. The van der Waals surface area contributed by atoms with E-state index in [2.05, 4.69) is 15.3 Å². The summed E-state index contributed by atoms with van der Waals surface area (Å²) in [5.74, 6) is 0.694. The topological polar surface area (TPSA) is 89.0 Å². The van der Waals surface area contributed by atoms with E-state index in [1.807, 2.05) is 17.7 Å². The molecular formula is C11H17N5O. The van der Waals surface area contributed by atoms with Gasteiger partial charge >= 0.3 is 0 Å². The second kappa shape index (κ2) is 4.68. The van der Waals surface area contributed by atoms with Crippen molar-refractivity contribution in [2.45, 2.75) is 19.1 Å². The fourth-order valence-electron chi connectivity index (χ4n) is 1.58. The van der Waals surface area contributed by atoms with E-state index in [9.17, 15) is 5.11 Å². The highest BCUT2D eigenvalue weighted by atomic mass is 16.3. The number of nitrogens with one attached hydrogen (secondary N) is 1. The van der Waals surface area contributed by atoms with Gasteiger partial charge in [-0.1, -0.05) is 0 Å². The average Bonchev–Trinajstić information content (AvgIpc) is 2.69. The predicted molar refractivity (Wildman–Crippen MR) is 66.7 cm³/mol. The molecule has 0 amide bonds. The molecule has 17 heavy (non-hydrogen) atoms. The molecular weight excluding hydrogens is 218 g/mol. The molecule has 4 N–H and O–H groups in total. The van der Waals surface area contributed by atoms with Crippen LogP contribution in [0.2, 0.25) is 0 Å². The van der Waals surface area contributed by atoms with Gasteiger partial charge in [0.2, 0.25) is 0 Å². The number of aryl methyl sites for hydroxylation is 1. The molecule has 2 rings (SSSR count). The number of hydrogen-bond acceptors (Lipinski definition) is 5. The van der Waals surface area contributed by atoms with Crippen LogP contribution in [0.25, 0.3) is 11.0 Å². The van der Waals surface area contributed by atoms with Gasteiger partial charge in [0.1, 0.15) is 5.52 Å². The third-order valence-electron chi connectivity index (χ3n) is 2.77. The second-order valence-electron chi connectivity index (χ2n) is 4.17. The number of anilines is 1. The first kappa shape index (κ1) is 11.8. The molecule has 6 heteroatoms. The minimum absolute atomic E-state index is 0.323. The monoisotopic (exact) mass is 235 g/mol. The molecule has 92 valence electrons. The standard InChI is InChI=1S/C11H17N5O/c1-7(17)8(12)5-14-11-10-9(3-4-13-11)16(2)6-15-10/h3-4,6-8,17H,5,12H2,1-2H3,(H,13,14). The number of aliphatic hydroxyl groups excluding tert-OH is 1. The summed E-state index contributed by atoms with van der Waals surface area (Å²) in [6.07, 6.45) is 2.91. The Bertz CT molecular complexity index is 508. The van der Waals surface area contributed by atoms with E-state index >= 15 is 0 Å². The quantitative estimate of drug-likeness (QED) is 0.699. The van der Waals surface area contributed by atoms with Crippen LogP contribution in [0.4, 0.5) is 5.82 Å². The van der Waals surface area contributed by atoms with Gasteiger partial charge in [-0.15, -0.1) is 0 Å². The largest absolute Gasteiger partial charge is 0.392 e. The highest BCUT2D eigenvalue weighted by molar-refractivity contribution is 5.85. The average molecular weight is 235 g/mol. The molecule has 0 spiro atoms. The summed E-state index contributed by atoms with van der Waals surface area (Å²) < 4.78 is 1.93. The van der Waals surface area contributed by atoms with Crippen LogP contribution in [0.5, 0.6) is 0 Å². The number of pyridine rings is 1. The predicted octanol–water partition coefficient (Wildman–Crippen LogP) is 0.0883. The summed E-state index contributed by atoms with van der Waals surface area (Å²) in [6.45, 7) is 2.13. The van der Waals surface area contributed by atoms with Crippen LogP contribution in [0, 0.1) is 0 Å². The molecule has 2 unspecified atom stereocenters. The molecule has 0 aliphatic heterocycles. The van der Waals surface area contributed by atoms with Crippen molar-refractivity contribution in [2.75, 3.05) is 11.9 Å². The van der Waals surface area contributed by atoms with Gasteiger partial charge in [0, 0.05) is 25.8 Å². The number of fused-ring (bicyclic) bond motifs is 1. The van der Waals surface area contributed by atoms with Crippen molar-refractivity contribution in [3.05, 3.63) is 18.6 Å². The van der Waals surface area contributed by atoms with Crippen LogP contribution in [-0.2, 0) is 7.05 Å². The van der Waals surface area contributed by atoms with Gasteiger partial charge in [0.05, 0.1) is 17.9 Å². The Hall–Kier alpha value is -1.66. The number of nitrogens with zero attached hydrogens (tertiary/aromatic N) is 3. The zero-order valence-electron chi connectivity index (χ0n) is 9.96. The molecule has 6 nitrogen and oxygen atoms in total. The maximum Gasteiger partial charge on any atom is 0.154 e. The molecule has 0 radical (unpaired) electrons. The van der Waals surface area contributed by atoms with E-state index in [1.54, 1.807) is 19.4 Å². The SMILES string of the molecule is CC(O)C(N)CNc1nccc2c1ncn2C. The fraction of sp³-hybridized carbons (Fsp3) is 0.455. The maximum atomic E-state index is 9.31. The second-order valence-corrected chi connectivity index (χ2v) is 4.17. The molecule has 2 heterocycles. The number of aliphatic hydroxyl groups is 1. The van der Waals surface area contributed by atoms with Crippen molar-refractivity contribution < 1.29 is 5.11 Å². The number of rotatable bonds is 4. The minimum Gasteiger partial charge on any atom is -0.392 e. The van der Waals surface area contributed by atoms with Crippen LogP contribution < -0.4 is 11.1 Å². The fourth-order valence-corrected chi connectivity index (χ4v) is 1.58. The Morgan fingerprint density at radius 1 is 1.53 bits per heavy atom. The first-order valence-electron chi connectivity index (χ1n) is 5.53. The van der Waals surface area contributed by atoms with E-state index in [0.29, 0.717) is 12.4 Å². The van der Waals surface area contributed by atoms with Gasteiger partial charge in [-0.25, -0.2) is 9.97 Å². The van der Waals surface area contributed by atoms with E-state index in [0.717, 1.165) is 11.0 Å². The van der Waals surface area contributed by atoms with Gasteiger partial charge in [-0.3, -0.25) is 0 Å². The van der Waals surface area contributed by atoms with Gasteiger partial charge < -0.3 is 20.7 Å². The smallest absolute Gasteiger partial charge is 0.154 e. The Kier molecular flexibility index (Phi) is 3.26. The minimum atomic E-state index is -0.551.